The van der Waals surface area contributed by atoms with Crippen LogP contribution < -0.4 is 0 Å². The van der Waals surface area contributed by atoms with Gasteiger partial charge in [0.05, 0.1) is 5.56 Å². The van der Waals surface area contributed by atoms with Gasteiger partial charge < -0.3 is 9.09 Å². The Morgan fingerprint density at radius 1 is 1.06 bits per heavy atom. The maximum Gasteiger partial charge on any atom is 0.432 e. The molecule has 0 saturated carbocycles. The molecule has 5 aromatic rings. The van der Waals surface area contributed by atoms with Crippen LogP contribution >= 0.6 is 11.6 Å². The summed E-state index contributed by atoms with van der Waals surface area (Å²) in [6, 6.07) is 14.5. The van der Waals surface area contributed by atoms with Crippen LogP contribution in [-0.2, 0) is 12.7 Å². The summed E-state index contributed by atoms with van der Waals surface area (Å²) in [5, 5.41) is 4.30. The SMILES string of the molecule is Cc1ccc2c(c1)c(C(=O)c1noc(-c3ccncc3)n1)c(C(F)(F)F)n2Cc1ccc(Cl)cc1. The van der Waals surface area contributed by atoms with E-state index >= 15 is 0 Å². The average Bonchev–Trinajstić information content (AvgIpc) is 3.44. The number of rotatable bonds is 5. The number of fused-ring (bicyclic) bond motifs is 1. The topological polar surface area (TPSA) is 73.8 Å². The molecule has 0 saturated heterocycles. The highest BCUT2D eigenvalue weighted by molar-refractivity contribution is 6.30. The Hall–Kier alpha value is -3.98. The zero-order chi connectivity index (χ0) is 24.7. The molecule has 0 aliphatic carbocycles. The van der Waals surface area contributed by atoms with Gasteiger partial charge in [-0.05, 0) is 48.9 Å². The number of hydrogen-bond acceptors (Lipinski definition) is 5. The van der Waals surface area contributed by atoms with Crippen LogP contribution in [-0.4, -0.2) is 25.5 Å². The standard InChI is InChI=1S/C25H16ClF3N4O2/c1-14-2-7-19-18(12-14)20(21(34)23-31-24(35-32-23)16-8-10-30-11-9-16)22(25(27,28)29)33(19)13-15-3-5-17(26)6-4-15/h2-12H,13H2,1H3. The van der Waals surface area contributed by atoms with E-state index in [4.69, 9.17) is 16.1 Å². The van der Waals surface area contributed by atoms with Crippen molar-refractivity contribution in [3.05, 3.63) is 100 Å². The first-order valence-corrected chi connectivity index (χ1v) is 10.8. The van der Waals surface area contributed by atoms with E-state index in [2.05, 4.69) is 15.1 Å². The molecule has 0 amide bonds. The van der Waals surface area contributed by atoms with Crippen molar-refractivity contribution in [2.24, 2.45) is 0 Å². The number of nitrogens with zero attached hydrogens (tertiary/aromatic N) is 4. The van der Waals surface area contributed by atoms with Gasteiger partial charge in [0.15, 0.2) is 0 Å². The zero-order valence-corrected chi connectivity index (χ0v) is 18.9. The van der Waals surface area contributed by atoms with Gasteiger partial charge in [-0.15, -0.1) is 0 Å². The molecule has 2 aromatic carbocycles. The van der Waals surface area contributed by atoms with E-state index < -0.39 is 29.0 Å². The minimum absolute atomic E-state index is 0.00499. The van der Waals surface area contributed by atoms with E-state index in [1.807, 2.05) is 0 Å². The summed E-state index contributed by atoms with van der Waals surface area (Å²) in [7, 11) is 0. The fraction of sp³-hybridized carbons (Fsp3) is 0.120. The van der Waals surface area contributed by atoms with Crippen LogP contribution in [0.5, 0.6) is 0 Å². The number of aryl methyl sites for hydroxylation is 1. The number of carbonyl (C=O) groups excluding carboxylic acids is 1. The van der Waals surface area contributed by atoms with Crippen molar-refractivity contribution in [2.75, 3.05) is 0 Å². The van der Waals surface area contributed by atoms with Crippen molar-refractivity contribution in [2.45, 2.75) is 19.6 Å². The molecule has 0 radical (unpaired) electrons. The summed E-state index contributed by atoms with van der Waals surface area (Å²) in [6.07, 6.45) is -1.84. The monoisotopic (exact) mass is 496 g/mol. The molecule has 35 heavy (non-hydrogen) atoms. The lowest BCUT2D eigenvalue weighted by Gasteiger charge is -2.14. The lowest BCUT2D eigenvalue weighted by Crippen LogP contribution is -2.19. The van der Waals surface area contributed by atoms with Crippen LogP contribution in [0.2, 0.25) is 5.02 Å². The van der Waals surface area contributed by atoms with Gasteiger partial charge in [0.25, 0.3) is 5.89 Å². The third-order valence-electron chi connectivity index (χ3n) is 5.52. The lowest BCUT2D eigenvalue weighted by molar-refractivity contribution is -0.143. The fourth-order valence-corrected chi connectivity index (χ4v) is 4.09. The molecule has 0 aliphatic heterocycles. The molecule has 176 valence electrons. The molecule has 0 aliphatic rings. The van der Waals surface area contributed by atoms with Crippen LogP contribution in [0.15, 0.2) is 71.5 Å². The van der Waals surface area contributed by atoms with Crippen LogP contribution in [0, 0.1) is 6.92 Å². The van der Waals surface area contributed by atoms with E-state index in [1.54, 1.807) is 61.5 Å². The number of aromatic nitrogens is 4. The molecule has 5 rings (SSSR count). The van der Waals surface area contributed by atoms with Crippen LogP contribution in [0.3, 0.4) is 0 Å². The predicted octanol–water partition coefficient (Wildman–Crippen LogP) is 6.35. The summed E-state index contributed by atoms with van der Waals surface area (Å²) >= 11 is 5.93. The van der Waals surface area contributed by atoms with E-state index in [9.17, 15) is 18.0 Å². The van der Waals surface area contributed by atoms with Gasteiger partial charge in [-0.3, -0.25) is 9.78 Å². The van der Waals surface area contributed by atoms with Gasteiger partial charge in [0.1, 0.15) is 5.69 Å². The molecule has 3 heterocycles. The number of benzene rings is 2. The van der Waals surface area contributed by atoms with Crippen molar-refractivity contribution in [1.29, 1.82) is 0 Å². The number of alkyl halides is 3. The first-order valence-electron chi connectivity index (χ1n) is 10.5. The molecule has 10 heteroatoms. The smallest absolute Gasteiger partial charge is 0.333 e. The van der Waals surface area contributed by atoms with Gasteiger partial charge in [-0.2, -0.15) is 18.2 Å². The largest absolute Gasteiger partial charge is 0.432 e. The first kappa shape index (κ1) is 22.8. The van der Waals surface area contributed by atoms with Gasteiger partial charge in [0.2, 0.25) is 11.6 Å². The van der Waals surface area contributed by atoms with Crippen molar-refractivity contribution in [3.63, 3.8) is 0 Å². The van der Waals surface area contributed by atoms with E-state index in [0.29, 0.717) is 21.7 Å². The fourth-order valence-electron chi connectivity index (χ4n) is 3.97. The average molecular weight is 497 g/mol. The maximum atomic E-state index is 14.5. The van der Waals surface area contributed by atoms with Crippen molar-refractivity contribution < 1.29 is 22.5 Å². The van der Waals surface area contributed by atoms with E-state index in [0.717, 1.165) is 4.57 Å². The van der Waals surface area contributed by atoms with Crippen LogP contribution in [0.1, 0.15) is 33.0 Å². The Labute approximate surface area is 202 Å². The van der Waals surface area contributed by atoms with Crippen molar-refractivity contribution in [1.82, 2.24) is 19.7 Å². The molecule has 0 unspecified atom stereocenters. The minimum atomic E-state index is -4.83. The van der Waals surface area contributed by atoms with Crippen LogP contribution in [0.4, 0.5) is 13.2 Å². The van der Waals surface area contributed by atoms with Gasteiger partial charge in [-0.25, -0.2) is 0 Å². The van der Waals surface area contributed by atoms with Crippen LogP contribution in [0.25, 0.3) is 22.4 Å². The number of ketones is 1. The number of carbonyl (C=O) groups is 1. The van der Waals surface area contributed by atoms with Gasteiger partial charge >= 0.3 is 6.18 Å². The van der Waals surface area contributed by atoms with E-state index in [-0.39, 0.29) is 23.3 Å². The van der Waals surface area contributed by atoms with Crippen molar-refractivity contribution in [3.8, 4) is 11.5 Å². The molecular formula is C25H16ClF3N4O2. The summed E-state index contributed by atoms with van der Waals surface area (Å²) < 4.78 is 49.7. The highest BCUT2D eigenvalue weighted by atomic mass is 35.5. The molecule has 0 N–H and O–H groups in total. The Balaban J connectivity index is 1.70. The molecule has 3 aromatic heterocycles. The predicted molar refractivity (Wildman–Crippen MR) is 123 cm³/mol. The summed E-state index contributed by atoms with van der Waals surface area (Å²) in [4.78, 5) is 21.4. The number of halogens is 4. The Bertz CT molecular complexity index is 1540. The Morgan fingerprint density at radius 3 is 2.46 bits per heavy atom. The van der Waals surface area contributed by atoms with Gasteiger partial charge in [-0.1, -0.05) is 40.5 Å². The highest BCUT2D eigenvalue weighted by Gasteiger charge is 2.42. The molecule has 6 nitrogen and oxygen atoms in total. The second kappa shape index (κ2) is 8.66. The van der Waals surface area contributed by atoms with E-state index in [1.165, 1.54) is 12.4 Å². The second-order valence-electron chi connectivity index (χ2n) is 7.94. The molecule has 0 atom stereocenters. The Kier molecular flexibility index (Phi) is 5.64. The molecule has 0 fully saturated rings. The molecule has 0 spiro atoms. The first-order chi connectivity index (χ1) is 16.7. The highest BCUT2D eigenvalue weighted by Crippen LogP contribution is 2.40. The third-order valence-corrected chi connectivity index (χ3v) is 5.78. The zero-order valence-electron chi connectivity index (χ0n) is 18.2. The third kappa shape index (κ3) is 4.30. The van der Waals surface area contributed by atoms with Gasteiger partial charge in [0, 0.05) is 40.4 Å². The maximum absolute atomic E-state index is 14.5. The summed E-state index contributed by atoms with van der Waals surface area (Å²) in [6.45, 7) is 1.63. The number of hydrogen-bond donors (Lipinski definition) is 0. The quantitative estimate of drug-likeness (QED) is 0.265. The molecule has 0 bridgehead atoms. The second-order valence-corrected chi connectivity index (χ2v) is 8.38. The number of pyridine rings is 1. The lowest BCUT2D eigenvalue weighted by atomic mass is 10.0. The minimum Gasteiger partial charge on any atom is -0.333 e. The Morgan fingerprint density at radius 2 is 1.77 bits per heavy atom. The molecular weight excluding hydrogens is 481 g/mol. The summed E-state index contributed by atoms with van der Waals surface area (Å²) in [5.74, 6) is -1.44. The van der Waals surface area contributed by atoms with Crippen molar-refractivity contribution >= 4 is 28.3 Å². The normalized spacial score (nSPS) is 11.8. The summed E-state index contributed by atoms with van der Waals surface area (Å²) in [5.41, 5.74) is 0.452.